The van der Waals surface area contributed by atoms with Gasteiger partial charge in [-0.2, -0.15) is 0 Å². The summed E-state index contributed by atoms with van der Waals surface area (Å²) in [5, 5.41) is 0. The first-order chi connectivity index (χ1) is 7.22. The van der Waals surface area contributed by atoms with Gasteiger partial charge in [0.05, 0.1) is 0 Å². The second kappa shape index (κ2) is 5.52. The van der Waals surface area contributed by atoms with Gasteiger partial charge in [-0.15, -0.1) is 17.9 Å². The van der Waals surface area contributed by atoms with E-state index in [4.69, 9.17) is 0 Å². The predicted molar refractivity (Wildman–Crippen MR) is 81.5 cm³/mol. The van der Waals surface area contributed by atoms with E-state index in [0.29, 0.717) is 0 Å². The van der Waals surface area contributed by atoms with E-state index in [9.17, 15) is 0 Å². The monoisotopic (exact) mass is 274 g/mol. The van der Waals surface area contributed by atoms with Crippen LogP contribution in [0.5, 0.6) is 0 Å². The Morgan fingerprint density at radius 1 is 1.27 bits per heavy atom. The highest BCUT2D eigenvalue weighted by Crippen LogP contribution is 2.71. The summed E-state index contributed by atoms with van der Waals surface area (Å²) < 4.78 is 0. The molecule has 0 spiro atoms. The average Bonchev–Trinajstić information content (AvgIpc) is 2.27. The zero-order valence-corrected chi connectivity index (χ0v) is 13.2. The summed E-state index contributed by atoms with van der Waals surface area (Å²) in [6.07, 6.45) is 2.58. The molecule has 1 aliphatic rings. The van der Waals surface area contributed by atoms with Crippen LogP contribution in [0.2, 0.25) is 0 Å². The van der Waals surface area contributed by atoms with Gasteiger partial charge >= 0.3 is 0 Å². The second-order valence-electron chi connectivity index (χ2n) is 4.26. The van der Waals surface area contributed by atoms with Gasteiger partial charge in [-0.1, -0.05) is 46.4 Å². The first-order valence-corrected chi connectivity index (χ1v) is 12.0. The number of rotatable bonds is 2. The van der Waals surface area contributed by atoms with Crippen LogP contribution >= 0.6 is 33.1 Å². The van der Waals surface area contributed by atoms with Gasteiger partial charge in [0.15, 0.2) is 0 Å². The minimum atomic E-state index is 0.147. The highest BCUT2D eigenvalue weighted by atomic mass is 32.6. The van der Waals surface area contributed by atoms with Gasteiger partial charge in [-0.3, -0.25) is 0 Å². The molecule has 2 rings (SSSR count). The Balaban J connectivity index is 2.22. The standard InChI is InChI=1S/C11H18P4/c1-8-6-9-4-2-3-5-10(9)7-11(8)15(13)14-12/h2-5,8,11,14H,6-7,12-13H2,1H3/t8-,11+,15?/m0/s1. The minimum absolute atomic E-state index is 0.147. The van der Waals surface area contributed by atoms with Crippen molar-refractivity contribution in [1.82, 2.24) is 0 Å². The molecular weight excluding hydrogens is 256 g/mol. The van der Waals surface area contributed by atoms with Crippen LogP contribution in [0.1, 0.15) is 18.1 Å². The molecule has 1 aromatic carbocycles. The highest BCUT2D eigenvalue weighted by molar-refractivity contribution is 8.61. The maximum Gasteiger partial charge on any atom is -0.00665 e. The molecule has 6 atom stereocenters. The predicted octanol–water partition coefficient (Wildman–Crippen LogP) is 4.45. The number of hydrogen-bond donors (Lipinski definition) is 0. The van der Waals surface area contributed by atoms with Crippen LogP contribution in [0.3, 0.4) is 0 Å². The molecule has 0 fully saturated rings. The molecule has 0 N–H and O–H groups in total. The van der Waals surface area contributed by atoms with E-state index in [1.807, 2.05) is 0 Å². The summed E-state index contributed by atoms with van der Waals surface area (Å²) in [4.78, 5) is 0. The third-order valence-electron chi connectivity index (χ3n) is 3.25. The maximum atomic E-state index is 3.10. The lowest BCUT2D eigenvalue weighted by Gasteiger charge is -2.34. The van der Waals surface area contributed by atoms with Crippen molar-refractivity contribution in [1.29, 1.82) is 0 Å². The first kappa shape index (κ1) is 12.4. The summed E-state index contributed by atoms with van der Waals surface area (Å²) in [5.74, 6) is 0.858. The molecule has 0 heterocycles. The summed E-state index contributed by atoms with van der Waals surface area (Å²) in [5.41, 5.74) is 4.09. The molecule has 0 bridgehead atoms. The van der Waals surface area contributed by atoms with Crippen molar-refractivity contribution >= 4 is 33.1 Å². The van der Waals surface area contributed by atoms with E-state index in [0.717, 1.165) is 19.5 Å². The summed E-state index contributed by atoms with van der Waals surface area (Å²) in [6.45, 7) is 2.42. The Morgan fingerprint density at radius 3 is 2.47 bits per heavy atom. The Labute approximate surface area is 100 Å². The van der Waals surface area contributed by atoms with Crippen molar-refractivity contribution in [3.63, 3.8) is 0 Å². The normalized spacial score (nSPS) is 27.9. The van der Waals surface area contributed by atoms with E-state index in [-0.39, 0.29) is 7.30 Å². The van der Waals surface area contributed by atoms with Crippen LogP contribution in [0, 0.1) is 5.92 Å². The van der Waals surface area contributed by atoms with E-state index in [1.165, 1.54) is 12.8 Å². The number of fused-ring (bicyclic) bond motifs is 1. The van der Waals surface area contributed by atoms with Gasteiger partial charge in [0.1, 0.15) is 0 Å². The Hall–Kier alpha value is 0.940. The molecule has 0 saturated carbocycles. The van der Waals surface area contributed by atoms with Crippen LogP contribution in [0.4, 0.5) is 0 Å². The Bertz CT molecular complexity index is 339. The van der Waals surface area contributed by atoms with E-state index < -0.39 is 0 Å². The van der Waals surface area contributed by atoms with Gasteiger partial charge in [-0.25, -0.2) is 0 Å². The van der Waals surface area contributed by atoms with E-state index in [2.05, 4.69) is 49.0 Å². The lowest BCUT2D eigenvalue weighted by Crippen LogP contribution is -2.24. The summed E-state index contributed by atoms with van der Waals surface area (Å²) in [6, 6.07) is 8.97. The van der Waals surface area contributed by atoms with Gasteiger partial charge in [0.25, 0.3) is 0 Å². The Kier molecular flexibility index (Phi) is 4.56. The maximum absolute atomic E-state index is 3.10. The molecule has 1 aliphatic carbocycles. The van der Waals surface area contributed by atoms with Gasteiger partial charge in [-0.05, 0) is 35.5 Å². The van der Waals surface area contributed by atoms with Gasteiger partial charge in [0, 0.05) is 0 Å². The van der Waals surface area contributed by atoms with Crippen molar-refractivity contribution in [3.05, 3.63) is 35.4 Å². The topological polar surface area (TPSA) is 0 Å². The fourth-order valence-corrected chi connectivity index (χ4v) is 8.10. The molecule has 15 heavy (non-hydrogen) atoms. The molecule has 0 amide bonds. The molecule has 0 radical (unpaired) electrons. The molecule has 0 aliphatic heterocycles. The van der Waals surface area contributed by atoms with E-state index >= 15 is 0 Å². The van der Waals surface area contributed by atoms with Crippen LogP contribution < -0.4 is 0 Å². The van der Waals surface area contributed by atoms with Crippen LogP contribution in [-0.2, 0) is 12.8 Å². The van der Waals surface area contributed by atoms with Crippen molar-refractivity contribution in [3.8, 4) is 0 Å². The SMILES string of the molecule is C[C@H]1Cc2ccccc2C[C@H]1P(P)PP. The first-order valence-electron chi connectivity index (χ1n) is 5.29. The number of benzene rings is 1. The molecular formula is C11H18P4. The zero-order chi connectivity index (χ0) is 10.8. The number of hydrogen-bond acceptors (Lipinski definition) is 0. The fourth-order valence-electron chi connectivity index (χ4n) is 2.33. The molecule has 1 aromatic rings. The molecule has 0 nitrogen and oxygen atoms in total. The van der Waals surface area contributed by atoms with Crippen molar-refractivity contribution in [2.24, 2.45) is 5.92 Å². The smallest absolute Gasteiger partial charge is 0.00665 e. The van der Waals surface area contributed by atoms with Crippen LogP contribution in [-0.4, -0.2) is 5.66 Å². The lowest BCUT2D eigenvalue weighted by molar-refractivity contribution is 0.514. The fraction of sp³-hybridized carbons (Fsp3) is 0.455. The minimum Gasteiger partial charge on any atom is -0.110 e. The molecule has 0 saturated heterocycles. The molecule has 0 aromatic heterocycles. The van der Waals surface area contributed by atoms with Crippen molar-refractivity contribution in [2.45, 2.75) is 25.4 Å². The summed E-state index contributed by atoms with van der Waals surface area (Å²) >= 11 is 0. The van der Waals surface area contributed by atoms with Crippen molar-refractivity contribution in [2.75, 3.05) is 0 Å². The van der Waals surface area contributed by atoms with E-state index in [1.54, 1.807) is 11.1 Å². The third-order valence-corrected chi connectivity index (χ3v) is 14.7. The van der Waals surface area contributed by atoms with Crippen molar-refractivity contribution < 1.29 is 0 Å². The quantitative estimate of drug-likeness (QED) is 0.699. The highest BCUT2D eigenvalue weighted by Gasteiger charge is 2.28. The third kappa shape index (κ3) is 2.79. The Morgan fingerprint density at radius 2 is 1.87 bits per heavy atom. The lowest BCUT2D eigenvalue weighted by atomic mass is 9.84. The molecule has 82 valence electrons. The summed E-state index contributed by atoms with van der Waals surface area (Å²) in [7, 11) is 7.21. The zero-order valence-electron chi connectivity index (χ0n) is 8.98. The molecule has 4 unspecified atom stereocenters. The second-order valence-corrected chi connectivity index (χ2v) is 13.9. The molecule has 4 heteroatoms. The van der Waals surface area contributed by atoms with Gasteiger partial charge < -0.3 is 0 Å². The van der Waals surface area contributed by atoms with Crippen LogP contribution in [0.25, 0.3) is 0 Å². The van der Waals surface area contributed by atoms with Gasteiger partial charge in [0.2, 0.25) is 0 Å². The van der Waals surface area contributed by atoms with Crippen LogP contribution in [0.15, 0.2) is 24.3 Å². The average molecular weight is 274 g/mol. The largest absolute Gasteiger partial charge is 0.110 e.